The average molecular weight is 1160 g/mol. The molecule has 1 aliphatic heterocycles. The third kappa shape index (κ3) is 50.3. The summed E-state index contributed by atoms with van der Waals surface area (Å²) in [4.78, 5) is 13.1. The highest BCUT2D eigenvalue weighted by Gasteiger charge is 2.44. The van der Waals surface area contributed by atoms with E-state index in [2.05, 4.69) is 55.6 Å². The topological polar surface area (TPSA) is 149 Å². The summed E-state index contributed by atoms with van der Waals surface area (Å²) in [5.74, 6) is -0.180. The van der Waals surface area contributed by atoms with Crippen molar-refractivity contribution in [3.05, 3.63) is 48.6 Å². The number of ether oxygens (including phenoxy) is 2. The number of rotatable bonds is 63. The summed E-state index contributed by atoms with van der Waals surface area (Å²) >= 11 is 0. The Labute approximate surface area is 507 Å². The van der Waals surface area contributed by atoms with Gasteiger partial charge in [0.25, 0.3) is 0 Å². The van der Waals surface area contributed by atoms with Crippen molar-refractivity contribution in [3.8, 4) is 0 Å². The van der Waals surface area contributed by atoms with E-state index in [0.29, 0.717) is 6.42 Å². The van der Waals surface area contributed by atoms with Gasteiger partial charge in [-0.3, -0.25) is 4.79 Å². The fraction of sp³-hybridized carbons (Fsp3) is 0.877. The molecule has 6 N–H and O–H groups in total. The minimum Gasteiger partial charge on any atom is -0.394 e. The summed E-state index contributed by atoms with van der Waals surface area (Å²) in [6.45, 7) is 3.79. The fourth-order valence-corrected chi connectivity index (χ4v) is 11.5. The minimum atomic E-state index is -1.57. The number of carbonyl (C=O) groups is 1. The second kappa shape index (κ2) is 62.2. The van der Waals surface area contributed by atoms with Crippen LogP contribution in [0.2, 0.25) is 0 Å². The second-order valence-electron chi connectivity index (χ2n) is 25.0. The molecule has 0 aliphatic carbocycles. The Morgan fingerprint density at radius 2 is 0.732 bits per heavy atom. The van der Waals surface area contributed by atoms with Gasteiger partial charge in [0, 0.05) is 6.42 Å². The van der Waals surface area contributed by atoms with Crippen LogP contribution < -0.4 is 5.32 Å². The van der Waals surface area contributed by atoms with Crippen LogP contribution in [0.3, 0.4) is 0 Å². The lowest BCUT2D eigenvalue weighted by Gasteiger charge is -2.40. The third-order valence-corrected chi connectivity index (χ3v) is 17.1. The molecule has 482 valence electrons. The van der Waals surface area contributed by atoms with E-state index in [4.69, 9.17) is 9.47 Å². The lowest BCUT2D eigenvalue weighted by atomic mass is 9.99. The standard InChI is InChI=1S/C73H137NO8/c1-3-5-7-9-11-13-15-17-19-21-23-24-25-26-27-28-29-30-31-32-33-34-35-36-37-38-39-40-41-42-43-44-45-47-49-51-53-55-57-59-61-63-69(77)74-66(65-81-73-72(80)71(79)70(78)68(64-75)82-73)67(76)62-60-58-56-54-52-50-48-46-22-20-18-16-14-12-10-8-6-4-2/h15,17,21,23,52,54,60,62,66-68,70-73,75-76,78-80H,3-14,16,18-20,22,24-51,53,55-59,61,63-65H2,1-2H3,(H,74,77)/b17-15-,23-21-,54-52+,62-60+. The van der Waals surface area contributed by atoms with Crippen molar-refractivity contribution in [2.75, 3.05) is 13.2 Å². The van der Waals surface area contributed by atoms with Gasteiger partial charge in [-0.1, -0.05) is 332 Å². The van der Waals surface area contributed by atoms with Crippen molar-refractivity contribution in [3.63, 3.8) is 0 Å². The maximum atomic E-state index is 13.1. The molecular weight excluding hydrogens is 1020 g/mol. The molecular formula is C73H137NO8. The smallest absolute Gasteiger partial charge is 0.220 e. The maximum Gasteiger partial charge on any atom is 0.220 e. The molecule has 1 fully saturated rings. The molecule has 82 heavy (non-hydrogen) atoms. The Morgan fingerprint density at radius 3 is 1.10 bits per heavy atom. The molecule has 9 nitrogen and oxygen atoms in total. The molecule has 1 amide bonds. The van der Waals surface area contributed by atoms with Gasteiger partial charge in [0.2, 0.25) is 5.91 Å². The Morgan fingerprint density at radius 1 is 0.415 bits per heavy atom. The number of aliphatic hydroxyl groups is 5. The van der Waals surface area contributed by atoms with Crippen LogP contribution >= 0.6 is 0 Å². The first-order valence-electron chi connectivity index (χ1n) is 35.9. The SMILES string of the molecule is CCCCCCC/C=C\C/C=C\CCCCCCCCCCCCCCCCCCCCCCCCCCCCCCCC(=O)NC(COC1OC(CO)C(O)C(O)C1O)C(O)/C=C/CC/C=C/CCCCCCCCCCCCCC. The lowest BCUT2D eigenvalue weighted by Crippen LogP contribution is -2.60. The number of allylic oxidation sites excluding steroid dienone is 7. The Kier molecular flexibility index (Phi) is 59.3. The van der Waals surface area contributed by atoms with E-state index in [1.54, 1.807) is 6.08 Å². The number of amides is 1. The summed E-state index contributed by atoms with van der Waals surface area (Å²) in [5, 5.41) is 54.6. The third-order valence-electron chi connectivity index (χ3n) is 17.1. The normalized spacial score (nSPS) is 18.5. The summed E-state index contributed by atoms with van der Waals surface area (Å²) in [6, 6.07) is -0.821. The van der Waals surface area contributed by atoms with E-state index in [1.807, 2.05) is 6.08 Å². The molecule has 0 aromatic rings. The zero-order valence-electron chi connectivity index (χ0n) is 54.0. The predicted octanol–water partition coefficient (Wildman–Crippen LogP) is 19.6. The molecule has 0 spiro atoms. The summed E-state index contributed by atoms with van der Waals surface area (Å²) in [7, 11) is 0. The van der Waals surface area contributed by atoms with Crippen LogP contribution in [0.4, 0.5) is 0 Å². The van der Waals surface area contributed by atoms with Gasteiger partial charge in [-0.05, 0) is 64.2 Å². The van der Waals surface area contributed by atoms with Crippen molar-refractivity contribution in [2.45, 2.75) is 397 Å². The average Bonchev–Trinajstić information content (AvgIpc) is 3.57. The van der Waals surface area contributed by atoms with Crippen LogP contribution in [0.25, 0.3) is 0 Å². The van der Waals surface area contributed by atoms with Crippen LogP contribution in [0.1, 0.15) is 354 Å². The molecule has 1 aliphatic rings. The Hall–Kier alpha value is -1.85. The fourth-order valence-electron chi connectivity index (χ4n) is 11.5. The summed E-state index contributed by atoms with van der Waals surface area (Å²) in [5.41, 5.74) is 0. The molecule has 9 heteroatoms. The van der Waals surface area contributed by atoms with Crippen molar-refractivity contribution in [2.24, 2.45) is 0 Å². The number of hydrogen-bond acceptors (Lipinski definition) is 8. The number of unbranched alkanes of at least 4 members (excludes halogenated alkanes) is 47. The van der Waals surface area contributed by atoms with Gasteiger partial charge in [-0.25, -0.2) is 0 Å². The van der Waals surface area contributed by atoms with E-state index < -0.39 is 49.5 Å². The Balaban J connectivity index is 2.04. The highest BCUT2D eigenvalue weighted by molar-refractivity contribution is 5.76. The number of hydrogen-bond donors (Lipinski definition) is 6. The van der Waals surface area contributed by atoms with Gasteiger partial charge in [-0.15, -0.1) is 0 Å². The summed E-state index contributed by atoms with van der Waals surface area (Å²) < 4.78 is 11.3. The predicted molar refractivity (Wildman–Crippen MR) is 350 cm³/mol. The van der Waals surface area contributed by atoms with Crippen molar-refractivity contribution < 1.29 is 39.8 Å². The van der Waals surface area contributed by atoms with Gasteiger partial charge >= 0.3 is 0 Å². The van der Waals surface area contributed by atoms with E-state index in [1.165, 1.54) is 289 Å². The van der Waals surface area contributed by atoms with Crippen molar-refractivity contribution in [1.29, 1.82) is 0 Å². The molecule has 1 rings (SSSR count). The zero-order chi connectivity index (χ0) is 59.3. The minimum absolute atomic E-state index is 0.180. The van der Waals surface area contributed by atoms with E-state index in [9.17, 15) is 30.3 Å². The first kappa shape index (κ1) is 78.2. The molecule has 0 aromatic heterocycles. The number of aliphatic hydroxyl groups excluding tert-OH is 5. The van der Waals surface area contributed by atoms with Gasteiger partial charge < -0.3 is 40.3 Å². The number of carbonyl (C=O) groups excluding carboxylic acids is 1. The van der Waals surface area contributed by atoms with Crippen LogP contribution in [-0.4, -0.2) is 87.5 Å². The molecule has 1 heterocycles. The molecule has 0 saturated carbocycles. The molecule has 7 unspecified atom stereocenters. The van der Waals surface area contributed by atoms with E-state index in [0.717, 1.165) is 44.9 Å². The summed E-state index contributed by atoms with van der Waals surface area (Å²) in [6.07, 6.45) is 78.2. The van der Waals surface area contributed by atoms with Crippen LogP contribution in [0.15, 0.2) is 48.6 Å². The van der Waals surface area contributed by atoms with Gasteiger partial charge in [0.05, 0.1) is 25.4 Å². The van der Waals surface area contributed by atoms with E-state index in [-0.39, 0.29) is 12.5 Å². The molecule has 0 radical (unpaired) electrons. The zero-order valence-corrected chi connectivity index (χ0v) is 54.0. The largest absolute Gasteiger partial charge is 0.394 e. The van der Waals surface area contributed by atoms with Crippen LogP contribution in [0.5, 0.6) is 0 Å². The monoisotopic (exact) mass is 1160 g/mol. The van der Waals surface area contributed by atoms with Gasteiger partial charge in [-0.2, -0.15) is 0 Å². The van der Waals surface area contributed by atoms with Crippen LogP contribution in [0, 0.1) is 0 Å². The first-order chi connectivity index (χ1) is 40.3. The van der Waals surface area contributed by atoms with Crippen LogP contribution in [-0.2, 0) is 14.3 Å². The number of nitrogens with one attached hydrogen (secondary N) is 1. The quantitative estimate of drug-likeness (QED) is 0.0261. The maximum absolute atomic E-state index is 13.1. The lowest BCUT2D eigenvalue weighted by molar-refractivity contribution is -0.302. The van der Waals surface area contributed by atoms with Gasteiger partial charge in [0.1, 0.15) is 24.4 Å². The Bertz CT molecular complexity index is 1430. The van der Waals surface area contributed by atoms with Crippen molar-refractivity contribution in [1.82, 2.24) is 5.32 Å². The molecule has 0 bridgehead atoms. The highest BCUT2D eigenvalue weighted by atomic mass is 16.7. The second-order valence-corrected chi connectivity index (χ2v) is 25.0. The first-order valence-corrected chi connectivity index (χ1v) is 35.9. The molecule has 1 saturated heterocycles. The van der Waals surface area contributed by atoms with Crippen molar-refractivity contribution >= 4 is 5.91 Å². The highest BCUT2D eigenvalue weighted by Crippen LogP contribution is 2.23. The molecule has 7 atom stereocenters. The van der Waals surface area contributed by atoms with E-state index >= 15 is 0 Å². The van der Waals surface area contributed by atoms with Gasteiger partial charge in [0.15, 0.2) is 6.29 Å². The molecule has 0 aromatic carbocycles.